The number of anilines is 1. The summed E-state index contributed by atoms with van der Waals surface area (Å²) in [6.45, 7) is 4.21. The van der Waals surface area contributed by atoms with Crippen LogP contribution in [-0.4, -0.2) is 44.7 Å². The highest BCUT2D eigenvalue weighted by atomic mass is 19.1. The Hall–Kier alpha value is -2.60. The van der Waals surface area contributed by atoms with Gasteiger partial charge < -0.3 is 14.4 Å². The molecule has 0 aromatic heterocycles. The van der Waals surface area contributed by atoms with Crippen molar-refractivity contribution in [1.82, 2.24) is 4.90 Å². The molecule has 0 radical (unpaired) electrons. The van der Waals surface area contributed by atoms with E-state index in [0.717, 1.165) is 35.4 Å². The fraction of sp³-hybridized carbons (Fsp3) is 0.409. The topological polar surface area (TPSA) is 42.0 Å². The van der Waals surface area contributed by atoms with E-state index in [2.05, 4.69) is 0 Å². The van der Waals surface area contributed by atoms with Crippen molar-refractivity contribution in [2.45, 2.75) is 26.3 Å². The summed E-state index contributed by atoms with van der Waals surface area (Å²) >= 11 is 0. The Morgan fingerprint density at radius 2 is 2.00 bits per heavy atom. The predicted octanol–water partition coefficient (Wildman–Crippen LogP) is 3.64. The molecule has 1 heterocycles. The minimum absolute atomic E-state index is 0.0574. The molecule has 0 saturated heterocycles. The van der Waals surface area contributed by atoms with Crippen LogP contribution >= 0.6 is 0 Å². The summed E-state index contributed by atoms with van der Waals surface area (Å²) in [5, 5.41) is 0. The number of benzene rings is 2. The van der Waals surface area contributed by atoms with Crippen LogP contribution in [0.15, 0.2) is 36.4 Å². The Morgan fingerprint density at radius 3 is 2.68 bits per heavy atom. The molecular formula is C22H27FN2O3. The number of ether oxygens (including phenoxy) is 2. The summed E-state index contributed by atoms with van der Waals surface area (Å²) in [6, 6.07) is 10.8. The van der Waals surface area contributed by atoms with Crippen molar-refractivity contribution >= 4 is 11.6 Å². The molecule has 1 aliphatic rings. The van der Waals surface area contributed by atoms with Crippen LogP contribution in [0.3, 0.4) is 0 Å². The third kappa shape index (κ3) is 4.44. The third-order valence-electron chi connectivity index (χ3n) is 5.13. The Kier molecular flexibility index (Phi) is 6.52. The summed E-state index contributed by atoms with van der Waals surface area (Å²) in [5.41, 5.74) is 2.92. The smallest absolute Gasteiger partial charge is 0.241 e. The Bertz CT molecular complexity index is 841. The molecule has 2 aromatic rings. The number of amides is 1. The van der Waals surface area contributed by atoms with Crippen LogP contribution < -0.4 is 14.4 Å². The van der Waals surface area contributed by atoms with Gasteiger partial charge >= 0.3 is 0 Å². The number of halogens is 1. The SMILES string of the molecule is CCN(CC(=O)N1CCCc2cc(OC)ccc21)Cc1ccc(OC)c(F)c1. The van der Waals surface area contributed by atoms with E-state index in [1.165, 1.54) is 13.2 Å². The van der Waals surface area contributed by atoms with Gasteiger partial charge in [0.15, 0.2) is 11.6 Å². The van der Waals surface area contributed by atoms with Crippen LogP contribution in [-0.2, 0) is 17.8 Å². The van der Waals surface area contributed by atoms with Crippen molar-refractivity contribution in [2.24, 2.45) is 0 Å². The molecule has 0 N–H and O–H groups in total. The largest absolute Gasteiger partial charge is 0.497 e. The molecule has 0 unspecified atom stereocenters. The average molecular weight is 386 g/mol. The average Bonchev–Trinajstić information content (AvgIpc) is 2.72. The Balaban J connectivity index is 1.70. The van der Waals surface area contributed by atoms with Gasteiger partial charge in [-0.2, -0.15) is 0 Å². The highest BCUT2D eigenvalue weighted by Gasteiger charge is 2.24. The molecule has 1 aliphatic heterocycles. The van der Waals surface area contributed by atoms with Crippen LogP contribution in [0.25, 0.3) is 0 Å². The van der Waals surface area contributed by atoms with Gasteiger partial charge in [-0.1, -0.05) is 13.0 Å². The van der Waals surface area contributed by atoms with Gasteiger partial charge in [-0.05, 0) is 60.8 Å². The number of aryl methyl sites for hydroxylation is 1. The molecule has 0 fully saturated rings. The zero-order valence-electron chi connectivity index (χ0n) is 16.7. The quantitative estimate of drug-likeness (QED) is 0.729. The predicted molar refractivity (Wildman–Crippen MR) is 108 cm³/mol. The molecule has 3 rings (SSSR count). The van der Waals surface area contributed by atoms with Crippen LogP contribution in [0.5, 0.6) is 11.5 Å². The number of methoxy groups -OCH3 is 2. The van der Waals surface area contributed by atoms with Crippen molar-refractivity contribution in [3.8, 4) is 11.5 Å². The second kappa shape index (κ2) is 9.06. The maximum atomic E-state index is 14.0. The van der Waals surface area contributed by atoms with E-state index in [0.29, 0.717) is 19.6 Å². The van der Waals surface area contributed by atoms with E-state index in [1.807, 2.05) is 41.0 Å². The van der Waals surface area contributed by atoms with E-state index in [9.17, 15) is 9.18 Å². The van der Waals surface area contributed by atoms with Crippen molar-refractivity contribution < 1.29 is 18.7 Å². The number of hydrogen-bond donors (Lipinski definition) is 0. The molecule has 150 valence electrons. The molecule has 2 aromatic carbocycles. The molecule has 0 atom stereocenters. The monoisotopic (exact) mass is 386 g/mol. The van der Waals surface area contributed by atoms with Crippen molar-refractivity contribution in [2.75, 3.05) is 38.8 Å². The summed E-state index contributed by atoms with van der Waals surface area (Å²) in [4.78, 5) is 16.9. The van der Waals surface area contributed by atoms with E-state index >= 15 is 0 Å². The second-order valence-electron chi connectivity index (χ2n) is 6.92. The van der Waals surface area contributed by atoms with Crippen LogP contribution in [0, 0.1) is 5.82 Å². The molecular weight excluding hydrogens is 359 g/mol. The van der Waals surface area contributed by atoms with E-state index < -0.39 is 0 Å². The normalized spacial score (nSPS) is 13.4. The highest BCUT2D eigenvalue weighted by molar-refractivity contribution is 5.96. The number of fused-ring (bicyclic) bond motifs is 1. The molecule has 5 nitrogen and oxygen atoms in total. The first-order valence-corrected chi connectivity index (χ1v) is 9.57. The lowest BCUT2D eigenvalue weighted by Crippen LogP contribution is -2.42. The van der Waals surface area contributed by atoms with Crippen LogP contribution in [0.2, 0.25) is 0 Å². The van der Waals surface area contributed by atoms with Gasteiger partial charge in [0, 0.05) is 18.8 Å². The number of hydrogen-bond acceptors (Lipinski definition) is 4. The summed E-state index contributed by atoms with van der Waals surface area (Å²) in [6.07, 6.45) is 1.88. The van der Waals surface area contributed by atoms with Gasteiger partial charge in [-0.15, -0.1) is 0 Å². The van der Waals surface area contributed by atoms with Gasteiger partial charge in [0.25, 0.3) is 0 Å². The molecule has 1 amide bonds. The first kappa shape index (κ1) is 20.1. The number of rotatable bonds is 7. The molecule has 0 saturated carbocycles. The number of carbonyl (C=O) groups is 1. The van der Waals surface area contributed by atoms with Gasteiger partial charge in [-0.3, -0.25) is 9.69 Å². The lowest BCUT2D eigenvalue weighted by Gasteiger charge is -2.32. The number of likely N-dealkylation sites (N-methyl/N-ethyl adjacent to an activating group) is 1. The minimum atomic E-state index is -0.388. The minimum Gasteiger partial charge on any atom is -0.497 e. The third-order valence-corrected chi connectivity index (χ3v) is 5.13. The number of nitrogens with zero attached hydrogens (tertiary/aromatic N) is 2. The first-order valence-electron chi connectivity index (χ1n) is 9.57. The summed E-state index contributed by atoms with van der Waals surface area (Å²) < 4.78 is 24.2. The Labute approximate surface area is 165 Å². The van der Waals surface area contributed by atoms with Crippen molar-refractivity contribution in [1.29, 1.82) is 0 Å². The fourth-order valence-electron chi connectivity index (χ4n) is 3.58. The maximum absolute atomic E-state index is 14.0. The van der Waals surface area contributed by atoms with Gasteiger partial charge in [0.2, 0.25) is 5.91 Å². The van der Waals surface area contributed by atoms with Crippen LogP contribution in [0.1, 0.15) is 24.5 Å². The molecule has 0 bridgehead atoms. The zero-order valence-corrected chi connectivity index (χ0v) is 16.7. The van der Waals surface area contributed by atoms with Crippen LogP contribution in [0.4, 0.5) is 10.1 Å². The lowest BCUT2D eigenvalue weighted by atomic mass is 10.0. The maximum Gasteiger partial charge on any atom is 0.241 e. The van der Waals surface area contributed by atoms with Gasteiger partial charge in [0.1, 0.15) is 5.75 Å². The first-order chi connectivity index (χ1) is 13.5. The van der Waals surface area contributed by atoms with Gasteiger partial charge in [0.05, 0.1) is 20.8 Å². The highest BCUT2D eigenvalue weighted by Crippen LogP contribution is 2.30. The van der Waals surface area contributed by atoms with E-state index in [-0.39, 0.29) is 24.0 Å². The lowest BCUT2D eigenvalue weighted by molar-refractivity contribution is -0.119. The summed E-state index contributed by atoms with van der Waals surface area (Å²) in [5.74, 6) is 0.705. The molecule has 28 heavy (non-hydrogen) atoms. The fourth-order valence-corrected chi connectivity index (χ4v) is 3.58. The van der Waals surface area contributed by atoms with Crippen molar-refractivity contribution in [3.63, 3.8) is 0 Å². The molecule has 0 spiro atoms. The second-order valence-corrected chi connectivity index (χ2v) is 6.92. The standard InChI is InChI=1S/C22H27FN2O3/c1-4-24(14-16-7-10-21(28-3)19(23)12-16)15-22(26)25-11-5-6-17-13-18(27-2)8-9-20(17)25/h7-10,12-13H,4-6,11,14-15H2,1-3H3. The molecule has 0 aliphatic carbocycles. The molecule has 6 heteroatoms. The van der Waals surface area contributed by atoms with Crippen molar-refractivity contribution in [3.05, 3.63) is 53.3 Å². The van der Waals surface area contributed by atoms with E-state index in [1.54, 1.807) is 13.2 Å². The van der Waals surface area contributed by atoms with Gasteiger partial charge in [-0.25, -0.2) is 4.39 Å². The zero-order chi connectivity index (χ0) is 20.1. The van der Waals surface area contributed by atoms with E-state index in [4.69, 9.17) is 9.47 Å². The number of carbonyl (C=O) groups excluding carboxylic acids is 1. The summed E-state index contributed by atoms with van der Waals surface area (Å²) in [7, 11) is 3.09. The Morgan fingerprint density at radius 1 is 1.18 bits per heavy atom.